The van der Waals surface area contributed by atoms with E-state index in [9.17, 15) is 9.59 Å². The molecule has 8 nitrogen and oxygen atoms in total. The predicted molar refractivity (Wildman–Crippen MR) is 93.5 cm³/mol. The molecule has 0 radical (unpaired) electrons. The van der Waals surface area contributed by atoms with Crippen molar-refractivity contribution in [2.24, 2.45) is 0 Å². The van der Waals surface area contributed by atoms with Gasteiger partial charge in [-0.05, 0) is 41.5 Å². The summed E-state index contributed by atoms with van der Waals surface area (Å²) in [5, 5.41) is 10.2. The van der Waals surface area contributed by atoms with Crippen LogP contribution in [0.2, 0.25) is 0 Å². The minimum absolute atomic E-state index is 0.0159. The van der Waals surface area contributed by atoms with Gasteiger partial charge in [0.05, 0.1) is 25.3 Å². The number of alkyl carbamates (subject to hydrolysis) is 1. The lowest BCUT2D eigenvalue weighted by Crippen LogP contribution is -2.40. The first kappa shape index (κ1) is 19.1. The van der Waals surface area contributed by atoms with E-state index in [0.29, 0.717) is 24.9 Å². The van der Waals surface area contributed by atoms with Crippen molar-refractivity contribution in [3.8, 4) is 11.5 Å². The van der Waals surface area contributed by atoms with E-state index in [-0.39, 0.29) is 13.2 Å². The summed E-state index contributed by atoms with van der Waals surface area (Å²) < 4.78 is 11.2. The molecule has 0 aliphatic rings. The van der Waals surface area contributed by atoms with Crippen molar-refractivity contribution in [3.63, 3.8) is 0 Å². The van der Waals surface area contributed by atoms with E-state index in [4.69, 9.17) is 4.42 Å². The number of hydrogen-bond donors (Lipinski definition) is 1. The van der Waals surface area contributed by atoms with Gasteiger partial charge in [-0.3, -0.25) is 15.0 Å². The number of halogens is 1. The van der Waals surface area contributed by atoms with E-state index >= 15 is 0 Å². The number of likely N-dealkylation sites (N-methyl/N-ethyl adjacent to an activating group) is 1. The summed E-state index contributed by atoms with van der Waals surface area (Å²) in [5.41, 5.74) is 0.796. The van der Waals surface area contributed by atoms with Gasteiger partial charge in [0, 0.05) is 4.47 Å². The Morgan fingerprint density at radius 1 is 1.28 bits per heavy atom. The standard InChI is InChI=1S/C16H19BrN4O4/c1-3-21(9-13(22)18-16(23)24-4-2)10-14-19-20-15(25-14)11-7-5-6-8-12(11)17/h5-8H,3-4,9-10H2,1-2H3,(H,18,22,23). The molecule has 1 aromatic carbocycles. The van der Waals surface area contributed by atoms with Gasteiger partial charge in [0.1, 0.15) is 0 Å². The van der Waals surface area contributed by atoms with Crippen molar-refractivity contribution in [2.75, 3.05) is 19.7 Å². The lowest BCUT2D eigenvalue weighted by atomic mass is 10.2. The zero-order chi connectivity index (χ0) is 18.2. The van der Waals surface area contributed by atoms with E-state index in [2.05, 4.69) is 36.2 Å². The second-order valence-electron chi connectivity index (χ2n) is 5.05. The highest BCUT2D eigenvalue weighted by Gasteiger charge is 2.17. The van der Waals surface area contributed by atoms with Crippen molar-refractivity contribution in [1.82, 2.24) is 20.4 Å². The van der Waals surface area contributed by atoms with Gasteiger partial charge in [0.2, 0.25) is 17.7 Å². The molecule has 0 atom stereocenters. The summed E-state index contributed by atoms with van der Waals surface area (Å²) in [7, 11) is 0. The third-order valence-electron chi connectivity index (χ3n) is 3.26. The summed E-state index contributed by atoms with van der Waals surface area (Å²) >= 11 is 3.44. The molecule has 1 heterocycles. The Morgan fingerprint density at radius 3 is 2.72 bits per heavy atom. The van der Waals surface area contributed by atoms with E-state index < -0.39 is 12.0 Å². The SMILES string of the molecule is CCOC(=O)NC(=O)CN(CC)Cc1nnc(-c2ccccc2Br)o1. The molecule has 0 bridgehead atoms. The van der Waals surface area contributed by atoms with Crippen LogP contribution < -0.4 is 5.32 Å². The second-order valence-corrected chi connectivity index (χ2v) is 5.91. The molecule has 0 spiro atoms. The molecular weight excluding hydrogens is 392 g/mol. The van der Waals surface area contributed by atoms with Crippen LogP contribution in [0.25, 0.3) is 11.5 Å². The van der Waals surface area contributed by atoms with Gasteiger partial charge in [0.25, 0.3) is 0 Å². The number of nitrogens with one attached hydrogen (secondary N) is 1. The van der Waals surface area contributed by atoms with E-state index in [1.54, 1.807) is 11.8 Å². The van der Waals surface area contributed by atoms with Crippen LogP contribution in [0.3, 0.4) is 0 Å². The maximum absolute atomic E-state index is 11.8. The molecule has 0 saturated carbocycles. The maximum atomic E-state index is 11.8. The summed E-state index contributed by atoms with van der Waals surface area (Å²) in [4.78, 5) is 24.9. The van der Waals surface area contributed by atoms with Crippen LogP contribution in [0.4, 0.5) is 4.79 Å². The lowest BCUT2D eigenvalue weighted by molar-refractivity contribution is -0.121. The molecule has 2 aromatic rings. The molecule has 0 saturated heterocycles. The third-order valence-corrected chi connectivity index (χ3v) is 3.95. The number of aromatic nitrogens is 2. The van der Waals surface area contributed by atoms with Crippen LogP contribution in [0.1, 0.15) is 19.7 Å². The molecule has 9 heteroatoms. The monoisotopic (exact) mass is 410 g/mol. The van der Waals surface area contributed by atoms with Crippen LogP contribution in [-0.2, 0) is 16.1 Å². The first-order valence-electron chi connectivity index (χ1n) is 7.79. The first-order valence-corrected chi connectivity index (χ1v) is 8.59. The lowest BCUT2D eigenvalue weighted by Gasteiger charge is -2.17. The van der Waals surface area contributed by atoms with Crippen molar-refractivity contribution in [3.05, 3.63) is 34.6 Å². The topological polar surface area (TPSA) is 97.6 Å². The minimum Gasteiger partial charge on any atom is -0.450 e. The molecule has 0 unspecified atom stereocenters. The zero-order valence-corrected chi connectivity index (χ0v) is 15.6. The summed E-state index contributed by atoms with van der Waals surface area (Å²) in [5.74, 6) is 0.330. The fourth-order valence-electron chi connectivity index (χ4n) is 2.06. The van der Waals surface area contributed by atoms with Crippen LogP contribution in [0.5, 0.6) is 0 Å². The van der Waals surface area contributed by atoms with E-state index in [0.717, 1.165) is 10.0 Å². The number of ether oxygens (including phenoxy) is 1. The number of rotatable bonds is 7. The average Bonchev–Trinajstić information content (AvgIpc) is 3.03. The predicted octanol–water partition coefficient (Wildman–Crippen LogP) is 2.59. The van der Waals surface area contributed by atoms with Gasteiger partial charge in [-0.2, -0.15) is 0 Å². The molecule has 0 fully saturated rings. The highest BCUT2D eigenvalue weighted by molar-refractivity contribution is 9.10. The summed E-state index contributed by atoms with van der Waals surface area (Å²) in [6, 6.07) is 7.52. The number of carbonyl (C=O) groups is 2. The van der Waals surface area contributed by atoms with Gasteiger partial charge in [-0.15, -0.1) is 10.2 Å². The Kier molecular flexibility index (Phi) is 7.08. The zero-order valence-electron chi connectivity index (χ0n) is 14.0. The molecule has 0 aliphatic heterocycles. The Morgan fingerprint density at radius 2 is 2.04 bits per heavy atom. The Labute approximate surface area is 153 Å². The normalized spacial score (nSPS) is 10.7. The number of nitrogens with zero attached hydrogens (tertiary/aromatic N) is 3. The van der Waals surface area contributed by atoms with Crippen LogP contribution >= 0.6 is 15.9 Å². The van der Waals surface area contributed by atoms with Crippen LogP contribution in [0, 0.1) is 0 Å². The average molecular weight is 411 g/mol. The number of imide groups is 1. The summed E-state index contributed by atoms with van der Waals surface area (Å²) in [6.07, 6.45) is -0.752. The van der Waals surface area contributed by atoms with Crippen molar-refractivity contribution in [2.45, 2.75) is 20.4 Å². The largest absolute Gasteiger partial charge is 0.450 e. The molecule has 2 amide bonds. The fraction of sp³-hybridized carbons (Fsp3) is 0.375. The number of hydrogen-bond acceptors (Lipinski definition) is 7. The Bertz CT molecular complexity index is 734. The Hall–Kier alpha value is -2.26. The number of benzene rings is 1. The number of carbonyl (C=O) groups excluding carboxylic acids is 2. The highest BCUT2D eigenvalue weighted by Crippen LogP contribution is 2.26. The van der Waals surface area contributed by atoms with Gasteiger partial charge in [-0.25, -0.2) is 4.79 Å². The molecule has 0 aliphatic carbocycles. The smallest absolute Gasteiger partial charge is 0.413 e. The molecule has 134 valence electrons. The van der Waals surface area contributed by atoms with Gasteiger partial charge < -0.3 is 9.15 Å². The quantitative estimate of drug-likeness (QED) is 0.748. The molecule has 1 N–H and O–H groups in total. The molecule has 25 heavy (non-hydrogen) atoms. The number of amides is 2. The van der Waals surface area contributed by atoms with E-state index in [1.807, 2.05) is 31.2 Å². The van der Waals surface area contributed by atoms with E-state index in [1.165, 1.54) is 0 Å². The van der Waals surface area contributed by atoms with Crippen molar-refractivity contribution in [1.29, 1.82) is 0 Å². The third kappa shape index (κ3) is 5.64. The van der Waals surface area contributed by atoms with Gasteiger partial charge in [-0.1, -0.05) is 19.1 Å². The first-order chi connectivity index (χ1) is 12.0. The molecular formula is C16H19BrN4O4. The maximum Gasteiger partial charge on any atom is 0.413 e. The Balaban J connectivity index is 1.97. The van der Waals surface area contributed by atoms with Gasteiger partial charge in [0.15, 0.2) is 0 Å². The molecule has 1 aromatic heterocycles. The fourth-order valence-corrected chi connectivity index (χ4v) is 2.51. The van der Waals surface area contributed by atoms with Crippen LogP contribution in [-0.4, -0.2) is 46.8 Å². The van der Waals surface area contributed by atoms with Crippen molar-refractivity contribution >= 4 is 27.9 Å². The van der Waals surface area contributed by atoms with Crippen LogP contribution in [0.15, 0.2) is 33.2 Å². The minimum atomic E-state index is -0.752. The van der Waals surface area contributed by atoms with Gasteiger partial charge >= 0.3 is 6.09 Å². The molecule has 2 rings (SSSR count). The van der Waals surface area contributed by atoms with Crippen molar-refractivity contribution < 1.29 is 18.7 Å². The summed E-state index contributed by atoms with van der Waals surface area (Å²) in [6.45, 7) is 4.65. The second kappa shape index (κ2) is 9.28. The highest BCUT2D eigenvalue weighted by atomic mass is 79.9.